The molecule has 0 aliphatic heterocycles. The summed E-state index contributed by atoms with van der Waals surface area (Å²) >= 11 is 0. The summed E-state index contributed by atoms with van der Waals surface area (Å²) in [7, 11) is 0. The van der Waals surface area contributed by atoms with E-state index in [0.29, 0.717) is 0 Å². The second-order valence-electron chi connectivity index (χ2n) is 3.28. The van der Waals surface area contributed by atoms with Gasteiger partial charge in [-0.15, -0.1) is 0 Å². The molecule has 0 N–H and O–H groups in total. The number of rotatable bonds is 4. The van der Waals surface area contributed by atoms with E-state index >= 15 is 0 Å². The average molecular weight is 180 g/mol. The predicted molar refractivity (Wildman–Crippen MR) is 49.9 cm³/mol. The summed E-state index contributed by atoms with van der Waals surface area (Å²) in [4.78, 5) is 10.3. The van der Waals surface area contributed by atoms with E-state index in [1.54, 1.807) is 6.07 Å². The summed E-state index contributed by atoms with van der Waals surface area (Å²) in [5.41, 5.74) is 0.953. The van der Waals surface area contributed by atoms with Gasteiger partial charge in [-0.2, -0.15) is 0 Å². The fraction of sp³-hybridized carbons (Fsp3) is 0.364. The molecule has 1 aromatic rings. The van der Waals surface area contributed by atoms with Crippen LogP contribution in [-0.2, 0) is 11.2 Å². The Kier molecular flexibility index (Phi) is 3.62. The van der Waals surface area contributed by atoms with Crippen LogP contribution in [0.1, 0.15) is 18.9 Å². The molecule has 0 aliphatic carbocycles. The Hall–Kier alpha value is -1.18. The molecule has 1 unspecified atom stereocenters. The summed E-state index contributed by atoms with van der Waals surface area (Å²) in [6, 6.07) is 6.50. The molecule has 13 heavy (non-hydrogen) atoms. The van der Waals surface area contributed by atoms with Gasteiger partial charge in [0.1, 0.15) is 12.1 Å². The number of hydrogen-bond donors (Lipinski definition) is 0. The third kappa shape index (κ3) is 3.36. The summed E-state index contributed by atoms with van der Waals surface area (Å²) in [5.74, 6) is -0.153. The quantitative estimate of drug-likeness (QED) is 0.651. The van der Waals surface area contributed by atoms with Crippen molar-refractivity contribution in [2.75, 3.05) is 0 Å². The highest BCUT2D eigenvalue weighted by Crippen LogP contribution is 2.09. The third-order valence-electron chi connectivity index (χ3n) is 2.01. The van der Waals surface area contributed by atoms with Crippen LogP contribution in [0.2, 0.25) is 0 Å². The molecule has 0 radical (unpaired) electrons. The van der Waals surface area contributed by atoms with Crippen molar-refractivity contribution in [3.05, 3.63) is 35.6 Å². The lowest BCUT2D eigenvalue weighted by Crippen LogP contribution is -1.98. The number of halogens is 1. The third-order valence-corrected chi connectivity index (χ3v) is 2.01. The van der Waals surface area contributed by atoms with E-state index in [4.69, 9.17) is 0 Å². The highest BCUT2D eigenvalue weighted by atomic mass is 19.1. The van der Waals surface area contributed by atoms with E-state index in [9.17, 15) is 9.18 Å². The Morgan fingerprint density at radius 3 is 2.92 bits per heavy atom. The Labute approximate surface area is 77.6 Å². The Morgan fingerprint density at radius 1 is 1.54 bits per heavy atom. The van der Waals surface area contributed by atoms with E-state index in [2.05, 4.69) is 0 Å². The minimum absolute atomic E-state index is 0.0586. The van der Waals surface area contributed by atoms with Crippen LogP contribution in [0, 0.1) is 11.7 Å². The zero-order valence-corrected chi connectivity index (χ0v) is 7.66. The van der Waals surface area contributed by atoms with Crippen molar-refractivity contribution < 1.29 is 9.18 Å². The normalized spacial score (nSPS) is 12.5. The van der Waals surface area contributed by atoms with Crippen LogP contribution < -0.4 is 0 Å². The first-order valence-corrected chi connectivity index (χ1v) is 4.42. The second kappa shape index (κ2) is 4.75. The molecule has 0 spiro atoms. The van der Waals surface area contributed by atoms with Gasteiger partial charge in [0, 0.05) is 5.92 Å². The zero-order chi connectivity index (χ0) is 9.68. The minimum atomic E-state index is -0.212. The molecule has 70 valence electrons. The van der Waals surface area contributed by atoms with E-state index in [1.807, 2.05) is 13.0 Å². The van der Waals surface area contributed by atoms with Gasteiger partial charge in [-0.3, -0.25) is 0 Å². The molecule has 2 heteroatoms. The Morgan fingerprint density at radius 2 is 2.31 bits per heavy atom. The summed E-state index contributed by atoms with van der Waals surface area (Å²) in [5, 5.41) is 0. The minimum Gasteiger partial charge on any atom is -0.303 e. The van der Waals surface area contributed by atoms with Crippen molar-refractivity contribution in [2.24, 2.45) is 5.92 Å². The fourth-order valence-corrected chi connectivity index (χ4v) is 1.15. The smallest absolute Gasteiger partial charge is 0.123 e. The largest absolute Gasteiger partial charge is 0.303 e. The summed E-state index contributed by atoms with van der Waals surface area (Å²) in [6.07, 6.45) is 2.48. The maximum atomic E-state index is 12.7. The molecule has 0 saturated carbocycles. The van der Waals surface area contributed by atoms with Crippen LogP contribution in [0.25, 0.3) is 0 Å². The van der Waals surface area contributed by atoms with Gasteiger partial charge >= 0.3 is 0 Å². The van der Waals surface area contributed by atoms with Crippen LogP contribution in [0.5, 0.6) is 0 Å². The van der Waals surface area contributed by atoms with Crippen LogP contribution in [0.15, 0.2) is 24.3 Å². The molecular weight excluding hydrogens is 167 g/mol. The summed E-state index contributed by atoms with van der Waals surface area (Å²) < 4.78 is 12.7. The van der Waals surface area contributed by atoms with E-state index in [1.165, 1.54) is 12.1 Å². The molecule has 0 aliphatic rings. The molecule has 1 atom stereocenters. The lowest BCUT2D eigenvalue weighted by molar-refractivity contribution is -0.110. The number of aldehydes is 1. The van der Waals surface area contributed by atoms with E-state index < -0.39 is 0 Å². The van der Waals surface area contributed by atoms with Crippen LogP contribution in [-0.4, -0.2) is 6.29 Å². The highest BCUT2D eigenvalue weighted by molar-refractivity contribution is 5.52. The predicted octanol–water partition coefficient (Wildman–Crippen LogP) is 2.59. The molecule has 1 aromatic carbocycles. The number of hydrogen-bond acceptors (Lipinski definition) is 1. The maximum Gasteiger partial charge on any atom is 0.123 e. The van der Waals surface area contributed by atoms with E-state index in [0.717, 1.165) is 24.7 Å². The molecule has 0 saturated heterocycles. The van der Waals surface area contributed by atoms with Gasteiger partial charge in [-0.25, -0.2) is 4.39 Å². The van der Waals surface area contributed by atoms with Gasteiger partial charge in [0.2, 0.25) is 0 Å². The number of aryl methyl sites for hydroxylation is 1. The first-order chi connectivity index (χ1) is 6.22. The van der Waals surface area contributed by atoms with Crippen LogP contribution in [0.3, 0.4) is 0 Å². The van der Waals surface area contributed by atoms with Gasteiger partial charge in [-0.05, 0) is 30.5 Å². The van der Waals surface area contributed by atoms with Crippen LogP contribution >= 0.6 is 0 Å². The molecule has 0 amide bonds. The molecule has 1 rings (SSSR count). The first-order valence-electron chi connectivity index (χ1n) is 4.42. The molecule has 0 heterocycles. The molecular formula is C11H13FO. The molecule has 1 nitrogen and oxygen atoms in total. The highest BCUT2D eigenvalue weighted by Gasteiger charge is 2.00. The monoisotopic (exact) mass is 180 g/mol. The number of benzene rings is 1. The van der Waals surface area contributed by atoms with E-state index in [-0.39, 0.29) is 11.7 Å². The Balaban J connectivity index is 2.49. The lowest BCUT2D eigenvalue weighted by Gasteiger charge is -2.03. The zero-order valence-electron chi connectivity index (χ0n) is 7.66. The van der Waals surface area contributed by atoms with Gasteiger partial charge in [0.05, 0.1) is 0 Å². The van der Waals surface area contributed by atoms with Crippen molar-refractivity contribution in [2.45, 2.75) is 19.8 Å². The Bertz CT molecular complexity index is 283. The van der Waals surface area contributed by atoms with Crippen molar-refractivity contribution in [3.8, 4) is 0 Å². The fourth-order valence-electron chi connectivity index (χ4n) is 1.15. The first kappa shape index (κ1) is 9.90. The topological polar surface area (TPSA) is 17.1 Å². The maximum absolute atomic E-state index is 12.7. The SMILES string of the molecule is CC(C=O)CCc1cccc(F)c1. The average Bonchev–Trinajstić information content (AvgIpc) is 2.14. The van der Waals surface area contributed by atoms with Gasteiger partial charge in [0.25, 0.3) is 0 Å². The van der Waals surface area contributed by atoms with Crippen molar-refractivity contribution in [3.63, 3.8) is 0 Å². The molecule has 0 bridgehead atoms. The molecule has 0 fully saturated rings. The van der Waals surface area contributed by atoms with Crippen molar-refractivity contribution in [1.29, 1.82) is 0 Å². The van der Waals surface area contributed by atoms with Crippen molar-refractivity contribution in [1.82, 2.24) is 0 Å². The number of carbonyl (C=O) groups is 1. The van der Waals surface area contributed by atoms with Gasteiger partial charge in [0.15, 0.2) is 0 Å². The molecule has 0 aromatic heterocycles. The van der Waals surface area contributed by atoms with Gasteiger partial charge < -0.3 is 4.79 Å². The van der Waals surface area contributed by atoms with Crippen LogP contribution in [0.4, 0.5) is 4.39 Å². The second-order valence-corrected chi connectivity index (χ2v) is 3.28. The number of carbonyl (C=O) groups excluding carboxylic acids is 1. The standard InChI is InChI=1S/C11H13FO/c1-9(8-13)5-6-10-3-2-4-11(12)7-10/h2-4,7-9H,5-6H2,1H3. The van der Waals surface area contributed by atoms with Crippen molar-refractivity contribution >= 4 is 6.29 Å². The van der Waals surface area contributed by atoms with Gasteiger partial charge in [-0.1, -0.05) is 19.1 Å². The lowest BCUT2D eigenvalue weighted by atomic mass is 10.0. The summed E-state index contributed by atoms with van der Waals surface area (Å²) in [6.45, 7) is 1.87.